The van der Waals surface area contributed by atoms with Crippen molar-refractivity contribution in [2.24, 2.45) is 0 Å². The van der Waals surface area contributed by atoms with E-state index in [4.69, 9.17) is 0 Å². The minimum Gasteiger partial charge on any atom is -0.394 e. The molecule has 0 spiro atoms. The highest BCUT2D eigenvalue weighted by molar-refractivity contribution is 5.60. The summed E-state index contributed by atoms with van der Waals surface area (Å²) in [5.41, 5.74) is -0.123. The molecule has 1 saturated heterocycles. The maximum atomic E-state index is 11.1. The first-order valence-corrected chi connectivity index (χ1v) is 6.30. The van der Waals surface area contributed by atoms with Gasteiger partial charge in [0.15, 0.2) is 0 Å². The van der Waals surface area contributed by atoms with Gasteiger partial charge in [0.25, 0.3) is 0 Å². The lowest BCUT2D eigenvalue weighted by Crippen LogP contribution is -2.33. The number of aliphatic hydroxyl groups excluding tert-OH is 1. The highest BCUT2D eigenvalue weighted by Gasteiger charge is 2.31. The van der Waals surface area contributed by atoms with Crippen molar-refractivity contribution in [3.05, 3.63) is 16.3 Å². The molecule has 104 valence electrons. The van der Waals surface area contributed by atoms with Crippen LogP contribution in [0, 0.1) is 10.1 Å². The van der Waals surface area contributed by atoms with Crippen LogP contribution in [0.2, 0.25) is 0 Å². The summed E-state index contributed by atoms with van der Waals surface area (Å²) in [5, 5.41) is 23.3. The Labute approximate surface area is 110 Å². The minimum atomic E-state index is -0.488. The van der Waals surface area contributed by atoms with E-state index in [0.29, 0.717) is 19.0 Å². The summed E-state index contributed by atoms with van der Waals surface area (Å²) in [7, 11) is 0. The van der Waals surface area contributed by atoms with Gasteiger partial charge in [-0.1, -0.05) is 0 Å². The number of hydrogen-bond acceptors (Lipinski definition) is 7. The molecule has 0 radical (unpaired) electrons. The molecule has 19 heavy (non-hydrogen) atoms. The van der Waals surface area contributed by atoms with Gasteiger partial charge in [-0.2, -0.15) is 4.98 Å². The lowest BCUT2D eigenvalue weighted by atomic mass is 10.2. The Hall–Kier alpha value is -1.96. The Bertz CT molecular complexity index is 468. The van der Waals surface area contributed by atoms with E-state index >= 15 is 0 Å². The highest BCUT2D eigenvalue weighted by atomic mass is 16.6. The third-order valence-corrected chi connectivity index (χ3v) is 3.14. The van der Waals surface area contributed by atoms with E-state index in [2.05, 4.69) is 15.3 Å². The number of anilines is 2. The molecule has 1 aliphatic heterocycles. The van der Waals surface area contributed by atoms with Crippen LogP contribution in [0.5, 0.6) is 0 Å². The third kappa shape index (κ3) is 2.73. The van der Waals surface area contributed by atoms with Crippen LogP contribution in [0.4, 0.5) is 17.5 Å². The van der Waals surface area contributed by atoms with Crippen LogP contribution < -0.4 is 10.2 Å². The summed E-state index contributed by atoms with van der Waals surface area (Å²) in [6.45, 7) is 3.17. The van der Waals surface area contributed by atoms with E-state index in [1.54, 1.807) is 4.90 Å². The molecule has 8 heteroatoms. The molecule has 8 nitrogen and oxygen atoms in total. The summed E-state index contributed by atoms with van der Waals surface area (Å²) in [6, 6.07) is -0.108. The molecule has 0 amide bonds. The SMILES string of the molecule is CCNc1ncc([N+](=O)[O-])c(N2CCCC2CO)n1. The molecule has 2 rings (SSSR count). The third-order valence-electron chi connectivity index (χ3n) is 3.14. The molecule has 2 N–H and O–H groups in total. The van der Waals surface area contributed by atoms with Crippen LogP contribution in [-0.4, -0.2) is 45.7 Å². The molecule has 1 aromatic rings. The topological polar surface area (TPSA) is 104 Å². The average Bonchev–Trinajstić information content (AvgIpc) is 2.86. The summed E-state index contributed by atoms with van der Waals surface area (Å²) in [6.07, 6.45) is 2.92. The van der Waals surface area contributed by atoms with Gasteiger partial charge >= 0.3 is 5.69 Å². The summed E-state index contributed by atoms with van der Waals surface area (Å²) in [5.74, 6) is 0.652. The lowest BCUT2D eigenvalue weighted by Gasteiger charge is -2.23. The Morgan fingerprint density at radius 1 is 1.68 bits per heavy atom. The Balaban J connectivity index is 2.39. The van der Waals surface area contributed by atoms with E-state index in [0.717, 1.165) is 12.8 Å². The normalized spacial score (nSPS) is 18.6. The summed E-state index contributed by atoms with van der Waals surface area (Å²) in [4.78, 5) is 20.5. The van der Waals surface area contributed by atoms with Gasteiger partial charge in [-0.25, -0.2) is 4.98 Å². The molecule has 0 aliphatic carbocycles. The molecule has 1 atom stereocenters. The van der Waals surface area contributed by atoms with Gasteiger partial charge in [0.05, 0.1) is 17.6 Å². The zero-order chi connectivity index (χ0) is 13.8. The fourth-order valence-corrected chi connectivity index (χ4v) is 2.25. The van der Waals surface area contributed by atoms with Crippen molar-refractivity contribution in [3.8, 4) is 0 Å². The smallest absolute Gasteiger partial charge is 0.329 e. The number of hydrogen-bond donors (Lipinski definition) is 2. The van der Waals surface area contributed by atoms with Gasteiger partial charge in [0.1, 0.15) is 6.20 Å². The first-order valence-electron chi connectivity index (χ1n) is 6.30. The second-order valence-corrected chi connectivity index (χ2v) is 4.36. The van der Waals surface area contributed by atoms with Crippen molar-refractivity contribution in [3.63, 3.8) is 0 Å². The van der Waals surface area contributed by atoms with Crippen molar-refractivity contribution in [2.75, 3.05) is 29.9 Å². The standard InChI is InChI=1S/C11H17N5O3/c1-2-12-11-13-6-9(16(18)19)10(14-11)15-5-3-4-8(15)7-17/h6,8,17H,2-5,7H2,1H3,(H,12,13,14). The van der Waals surface area contributed by atoms with E-state index in [9.17, 15) is 15.2 Å². The molecule has 1 unspecified atom stereocenters. The van der Waals surface area contributed by atoms with E-state index in [-0.39, 0.29) is 24.2 Å². The molecule has 1 aliphatic rings. The van der Waals surface area contributed by atoms with Crippen LogP contribution >= 0.6 is 0 Å². The highest BCUT2D eigenvalue weighted by Crippen LogP contribution is 2.31. The number of rotatable bonds is 5. The largest absolute Gasteiger partial charge is 0.394 e. The van der Waals surface area contributed by atoms with Crippen molar-refractivity contribution in [1.29, 1.82) is 0 Å². The zero-order valence-electron chi connectivity index (χ0n) is 10.7. The molecular formula is C11H17N5O3. The number of nitrogens with zero attached hydrogens (tertiary/aromatic N) is 4. The van der Waals surface area contributed by atoms with Crippen LogP contribution in [-0.2, 0) is 0 Å². The summed E-state index contributed by atoms with van der Waals surface area (Å²) >= 11 is 0. The zero-order valence-corrected chi connectivity index (χ0v) is 10.7. The number of nitro groups is 1. The quantitative estimate of drug-likeness (QED) is 0.600. The van der Waals surface area contributed by atoms with Crippen molar-refractivity contribution in [1.82, 2.24) is 9.97 Å². The molecule has 1 fully saturated rings. The van der Waals surface area contributed by atoms with Gasteiger partial charge in [-0.15, -0.1) is 0 Å². The Kier molecular flexibility index (Phi) is 4.10. The minimum absolute atomic E-state index is 0.0301. The van der Waals surface area contributed by atoms with Crippen LogP contribution in [0.15, 0.2) is 6.20 Å². The van der Waals surface area contributed by atoms with Gasteiger partial charge in [-0.05, 0) is 19.8 Å². The Morgan fingerprint density at radius 2 is 2.47 bits per heavy atom. The monoisotopic (exact) mass is 267 g/mol. The van der Waals surface area contributed by atoms with Crippen molar-refractivity contribution >= 4 is 17.5 Å². The molecule has 0 bridgehead atoms. The van der Waals surface area contributed by atoms with Gasteiger partial charge in [0, 0.05) is 13.1 Å². The molecular weight excluding hydrogens is 250 g/mol. The van der Waals surface area contributed by atoms with E-state index < -0.39 is 4.92 Å². The lowest BCUT2D eigenvalue weighted by molar-refractivity contribution is -0.384. The number of aromatic nitrogens is 2. The van der Waals surface area contributed by atoms with Gasteiger partial charge in [-0.3, -0.25) is 10.1 Å². The fraction of sp³-hybridized carbons (Fsp3) is 0.636. The first-order chi connectivity index (χ1) is 9.17. The van der Waals surface area contributed by atoms with Crippen molar-refractivity contribution < 1.29 is 10.0 Å². The van der Waals surface area contributed by atoms with Crippen LogP contribution in [0.1, 0.15) is 19.8 Å². The average molecular weight is 267 g/mol. The molecule has 2 heterocycles. The first kappa shape index (κ1) is 13.5. The number of aliphatic hydroxyl groups is 1. The fourth-order valence-electron chi connectivity index (χ4n) is 2.25. The van der Waals surface area contributed by atoms with Gasteiger partial charge in [0.2, 0.25) is 11.8 Å². The number of nitrogens with one attached hydrogen (secondary N) is 1. The summed E-state index contributed by atoms with van der Waals surface area (Å²) < 4.78 is 0. The predicted molar refractivity (Wildman–Crippen MR) is 70.3 cm³/mol. The van der Waals surface area contributed by atoms with E-state index in [1.807, 2.05) is 6.92 Å². The molecule has 0 saturated carbocycles. The maximum Gasteiger partial charge on any atom is 0.329 e. The molecule has 0 aromatic carbocycles. The Morgan fingerprint density at radius 3 is 3.11 bits per heavy atom. The molecule has 1 aromatic heterocycles. The maximum absolute atomic E-state index is 11.1. The van der Waals surface area contributed by atoms with Gasteiger partial charge < -0.3 is 15.3 Å². The van der Waals surface area contributed by atoms with Crippen molar-refractivity contribution in [2.45, 2.75) is 25.8 Å². The second kappa shape index (κ2) is 5.79. The second-order valence-electron chi connectivity index (χ2n) is 4.36. The van der Waals surface area contributed by atoms with Crippen LogP contribution in [0.3, 0.4) is 0 Å². The van der Waals surface area contributed by atoms with E-state index in [1.165, 1.54) is 6.20 Å². The predicted octanol–water partition coefficient (Wildman–Crippen LogP) is 0.778. The van der Waals surface area contributed by atoms with Crippen LogP contribution in [0.25, 0.3) is 0 Å².